The van der Waals surface area contributed by atoms with Crippen LogP contribution in [0, 0.1) is 19.8 Å². The van der Waals surface area contributed by atoms with Gasteiger partial charge in [-0.25, -0.2) is 0 Å². The molecular formula is C26H31N3O3. The third kappa shape index (κ3) is 3.07. The van der Waals surface area contributed by atoms with Gasteiger partial charge in [-0.15, -0.1) is 0 Å². The van der Waals surface area contributed by atoms with E-state index in [0.717, 1.165) is 41.6 Å². The Morgan fingerprint density at radius 1 is 1.19 bits per heavy atom. The first-order chi connectivity index (χ1) is 15.3. The first kappa shape index (κ1) is 20.9. The number of aryl methyl sites for hydroxylation is 1. The monoisotopic (exact) mass is 433 g/mol. The summed E-state index contributed by atoms with van der Waals surface area (Å²) in [4.78, 5) is 29.5. The Bertz CT molecular complexity index is 1210. The predicted molar refractivity (Wildman–Crippen MR) is 125 cm³/mol. The fourth-order valence-corrected chi connectivity index (χ4v) is 5.42. The van der Waals surface area contributed by atoms with Crippen LogP contribution in [0.2, 0.25) is 0 Å². The van der Waals surface area contributed by atoms with Gasteiger partial charge in [0.2, 0.25) is 5.91 Å². The van der Waals surface area contributed by atoms with E-state index in [2.05, 4.69) is 12.2 Å². The van der Waals surface area contributed by atoms with Crippen molar-refractivity contribution in [3.8, 4) is 0 Å². The summed E-state index contributed by atoms with van der Waals surface area (Å²) in [5, 5.41) is 3.33. The smallest absolute Gasteiger partial charge is 0.276 e. The van der Waals surface area contributed by atoms with Crippen molar-refractivity contribution in [1.29, 1.82) is 0 Å². The van der Waals surface area contributed by atoms with Gasteiger partial charge in [0, 0.05) is 23.9 Å². The molecule has 6 heteroatoms. The molecule has 0 radical (unpaired) electrons. The van der Waals surface area contributed by atoms with Gasteiger partial charge < -0.3 is 14.3 Å². The molecule has 3 atom stereocenters. The number of benzene rings is 1. The second-order valence-corrected chi connectivity index (χ2v) is 9.76. The van der Waals surface area contributed by atoms with Gasteiger partial charge in [-0.2, -0.15) is 0 Å². The molecule has 0 saturated heterocycles. The molecule has 1 fully saturated rings. The second kappa shape index (κ2) is 7.54. The molecule has 1 aliphatic carbocycles. The molecule has 0 unspecified atom stereocenters. The topological polar surface area (TPSA) is 67.5 Å². The number of rotatable bonds is 3. The number of anilines is 1. The minimum absolute atomic E-state index is 0.0958. The number of nitrogens with one attached hydrogen (secondary N) is 1. The van der Waals surface area contributed by atoms with E-state index in [1.807, 2.05) is 49.6 Å². The zero-order valence-corrected chi connectivity index (χ0v) is 19.3. The first-order valence-electron chi connectivity index (χ1n) is 11.6. The molecule has 1 aliphatic heterocycles. The number of carbonyl (C=O) groups excluding carboxylic acids is 2. The predicted octanol–water partition coefficient (Wildman–Crippen LogP) is 4.97. The first-order valence-corrected chi connectivity index (χ1v) is 11.6. The van der Waals surface area contributed by atoms with Crippen LogP contribution in [0.25, 0.3) is 11.1 Å². The highest BCUT2D eigenvalue weighted by Crippen LogP contribution is 2.38. The van der Waals surface area contributed by atoms with E-state index in [1.54, 1.807) is 17.2 Å². The number of amides is 2. The van der Waals surface area contributed by atoms with Crippen LogP contribution in [-0.4, -0.2) is 28.0 Å². The minimum atomic E-state index is -1.07. The molecule has 32 heavy (non-hydrogen) atoms. The number of hydrogen-bond acceptors (Lipinski definition) is 3. The van der Waals surface area contributed by atoms with Crippen LogP contribution in [-0.2, 0) is 11.3 Å². The quantitative estimate of drug-likeness (QED) is 0.634. The van der Waals surface area contributed by atoms with E-state index < -0.39 is 5.54 Å². The Morgan fingerprint density at radius 2 is 1.97 bits per heavy atom. The molecule has 3 heterocycles. The summed E-state index contributed by atoms with van der Waals surface area (Å²) in [7, 11) is 0. The van der Waals surface area contributed by atoms with E-state index in [0.29, 0.717) is 23.7 Å². The van der Waals surface area contributed by atoms with Crippen LogP contribution < -0.4 is 10.2 Å². The highest BCUT2D eigenvalue weighted by Gasteiger charge is 2.50. The molecular weight excluding hydrogens is 402 g/mol. The van der Waals surface area contributed by atoms with Gasteiger partial charge in [0.25, 0.3) is 5.91 Å². The molecule has 0 spiro atoms. The maximum absolute atomic E-state index is 13.9. The Kier molecular flexibility index (Phi) is 4.91. The number of furan rings is 1. The Hall–Kier alpha value is -3.02. The molecule has 1 N–H and O–H groups in total. The van der Waals surface area contributed by atoms with E-state index in [4.69, 9.17) is 4.42 Å². The molecule has 1 saturated carbocycles. The Balaban J connectivity index is 1.63. The fraction of sp³-hybridized carbons (Fsp3) is 0.462. The average Bonchev–Trinajstić information content (AvgIpc) is 3.35. The highest BCUT2D eigenvalue weighted by atomic mass is 16.3. The van der Waals surface area contributed by atoms with Crippen molar-refractivity contribution in [1.82, 2.24) is 9.88 Å². The molecule has 5 rings (SSSR count). The highest BCUT2D eigenvalue weighted by molar-refractivity contribution is 6.14. The van der Waals surface area contributed by atoms with Crippen molar-refractivity contribution in [2.24, 2.45) is 5.92 Å². The van der Waals surface area contributed by atoms with Crippen LogP contribution in [0.1, 0.15) is 61.1 Å². The molecule has 168 valence electrons. The summed E-state index contributed by atoms with van der Waals surface area (Å²) < 4.78 is 7.51. The molecule has 2 aliphatic rings. The maximum Gasteiger partial charge on any atom is 0.276 e. The van der Waals surface area contributed by atoms with Crippen LogP contribution in [0.4, 0.5) is 5.69 Å². The normalized spacial score (nSPS) is 25.8. The zero-order chi connectivity index (χ0) is 22.6. The van der Waals surface area contributed by atoms with Gasteiger partial charge in [0.05, 0.1) is 18.3 Å². The average molecular weight is 434 g/mol. The van der Waals surface area contributed by atoms with E-state index in [-0.39, 0.29) is 17.9 Å². The summed E-state index contributed by atoms with van der Waals surface area (Å²) >= 11 is 0. The lowest BCUT2D eigenvalue weighted by molar-refractivity contribution is -0.127. The van der Waals surface area contributed by atoms with Gasteiger partial charge in [0.1, 0.15) is 11.2 Å². The summed E-state index contributed by atoms with van der Waals surface area (Å²) in [6.45, 7) is 8.52. The fourth-order valence-electron chi connectivity index (χ4n) is 5.42. The van der Waals surface area contributed by atoms with Crippen molar-refractivity contribution < 1.29 is 14.0 Å². The van der Waals surface area contributed by atoms with E-state index in [9.17, 15) is 9.59 Å². The van der Waals surface area contributed by atoms with E-state index in [1.165, 1.54) is 6.42 Å². The third-order valence-electron chi connectivity index (χ3n) is 7.64. The van der Waals surface area contributed by atoms with Crippen LogP contribution >= 0.6 is 0 Å². The number of carbonyl (C=O) groups is 2. The third-order valence-corrected chi connectivity index (χ3v) is 7.64. The van der Waals surface area contributed by atoms with Crippen molar-refractivity contribution in [2.45, 2.75) is 71.5 Å². The lowest BCUT2D eigenvalue weighted by atomic mass is 9.84. The van der Waals surface area contributed by atoms with Crippen LogP contribution in [0.5, 0.6) is 0 Å². The van der Waals surface area contributed by atoms with Gasteiger partial charge in [-0.3, -0.25) is 14.5 Å². The molecule has 1 aromatic carbocycles. The molecule has 0 bridgehead atoms. The lowest BCUT2D eigenvalue weighted by Gasteiger charge is -2.45. The van der Waals surface area contributed by atoms with Gasteiger partial charge in [-0.1, -0.05) is 31.9 Å². The van der Waals surface area contributed by atoms with Crippen LogP contribution in [0.15, 0.2) is 41.0 Å². The largest absolute Gasteiger partial charge is 0.463 e. The molecule has 2 aromatic heterocycles. The Labute approximate surface area is 188 Å². The van der Waals surface area contributed by atoms with Gasteiger partial charge in [-0.05, 0) is 56.7 Å². The minimum Gasteiger partial charge on any atom is -0.463 e. The Morgan fingerprint density at radius 3 is 2.75 bits per heavy atom. The van der Waals surface area contributed by atoms with Gasteiger partial charge in [0.15, 0.2) is 5.58 Å². The second-order valence-electron chi connectivity index (χ2n) is 9.76. The van der Waals surface area contributed by atoms with E-state index >= 15 is 0 Å². The number of fused-ring (bicyclic) bond motifs is 3. The number of aromatic nitrogens is 1. The number of nitrogens with zero attached hydrogens (tertiary/aromatic N) is 2. The summed E-state index contributed by atoms with van der Waals surface area (Å²) in [5.41, 5.74) is 3.88. The SMILES string of the molecule is Cc1cccc(N2C(=O)c3cc4occc4n3C[C@]2(C)C(=O)N[C@@H]2CCCC[C@@H]2C)c1C. The lowest BCUT2D eigenvalue weighted by Crippen LogP contribution is -2.66. The van der Waals surface area contributed by atoms with Crippen molar-refractivity contribution >= 4 is 28.6 Å². The summed E-state index contributed by atoms with van der Waals surface area (Å²) in [6, 6.07) is 9.72. The summed E-state index contributed by atoms with van der Waals surface area (Å²) in [6.07, 6.45) is 6.08. The molecule has 2 amide bonds. The van der Waals surface area contributed by atoms with Crippen molar-refractivity contribution in [3.63, 3.8) is 0 Å². The van der Waals surface area contributed by atoms with Crippen molar-refractivity contribution in [3.05, 3.63) is 53.4 Å². The standard InChI is InChI=1S/C26H31N3O3/c1-16-9-7-11-20(18(16)3)29-24(30)22-14-23-21(12-13-32-23)28(22)15-26(29,4)25(31)27-19-10-6-5-8-17(19)2/h7,9,11-14,17,19H,5-6,8,10,15H2,1-4H3,(H,27,31)/t17-,19+,26+/m0/s1. The molecule has 6 nitrogen and oxygen atoms in total. The zero-order valence-electron chi connectivity index (χ0n) is 19.3. The van der Waals surface area contributed by atoms with Gasteiger partial charge >= 0.3 is 0 Å². The molecule has 3 aromatic rings. The van der Waals surface area contributed by atoms with Crippen molar-refractivity contribution in [2.75, 3.05) is 4.90 Å². The summed E-state index contributed by atoms with van der Waals surface area (Å²) in [5.74, 6) is 0.166. The maximum atomic E-state index is 13.9. The number of hydrogen-bond donors (Lipinski definition) is 1. The van der Waals surface area contributed by atoms with Crippen LogP contribution in [0.3, 0.4) is 0 Å².